The first-order valence-electron chi connectivity index (χ1n) is 6.72. The van der Waals surface area contributed by atoms with Crippen LogP contribution in [0.25, 0.3) is 4.96 Å². The smallest absolute Gasteiger partial charge is 0.338 e. The van der Waals surface area contributed by atoms with Gasteiger partial charge in [0.1, 0.15) is 6.61 Å². The molecule has 3 aromatic rings. The highest BCUT2D eigenvalue weighted by atomic mass is 32.1. The van der Waals surface area contributed by atoms with E-state index in [1.807, 2.05) is 18.4 Å². The molecule has 0 saturated carbocycles. The molecule has 0 aliphatic rings. The average Bonchev–Trinajstić information content (AvgIpc) is 2.94. The van der Waals surface area contributed by atoms with Crippen LogP contribution < -0.4 is 5.56 Å². The van der Waals surface area contributed by atoms with Gasteiger partial charge in [-0.05, 0) is 25.1 Å². The number of benzene rings is 1. The van der Waals surface area contributed by atoms with E-state index >= 15 is 0 Å². The molecule has 0 saturated heterocycles. The Morgan fingerprint density at radius 3 is 3.04 bits per heavy atom. The van der Waals surface area contributed by atoms with Crippen molar-refractivity contribution in [2.24, 2.45) is 0 Å². The van der Waals surface area contributed by atoms with Crippen molar-refractivity contribution in [3.63, 3.8) is 0 Å². The summed E-state index contributed by atoms with van der Waals surface area (Å²) in [6, 6.07) is 9.55. The minimum Gasteiger partial charge on any atom is -0.456 e. The molecule has 0 fully saturated rings. The summed E-state index contributed by atoms with van der Waals surface area (Å²) >= 11 is 1.35. The average molecular weight is 325 g/mol. The Bertz CT molecular complexity index is 998. The maximum absolute atomic E-state index is 12.0. The summed E-state index contributed by atoms with van der Waals surface area (Å²) in [6.07, 6.45) is 0. The Labute approximate surface area is 135 Å². The molecule has 0 atom stereocenters. The number of thiazole rings is 1. The summed E-state index contributed by atoms with van der Waals surface area (Å²) in [7, 11) is 0. The van der Waals surface area contributed by atoms with Crippen LogP contribution in [-0.4, -0.2) is 15.4 Å². The summed E-state index contributed by atoms with van der Waals surface area (Å²) < 4.78 is 6.68. The van der Waals surface area contributed by atoms with E-state index in [4.69, 9.17) is 10.00 Å². The normalized spacial score (nSPS) is 10.4. The molecule has 0 amide bonds. The van der Waals surface area contributed by atoms with Gasteiger partial charge in [0, 0.05) is 17.1 Å². The van der Waals surface area contributed by atoms with Crippen LogP contribution in [0.15, 0.2) is 40.5 Å². The van der Waals surface area contributed by atoms with Crippen molar-refractivity contribution in [2.75, 3.05) is 0 Å². The van der Waals surface area contributed by atoms with E-state index in [2.05, 4.69) is 4.98 Å². The maximum atomic E-state index is 12.0. The number of rotatable bonds is 3. The number of nitrogens with zero attached hydrogens (tertiary/aromatic N) is 3. The van der Waals surface area contributed by atoms with Gasteiger partial charge in [0.05, 0.1) is 22.9 Å². The predicted octanol–water partition coefficient (Wildman–Crippen LogP) is 2.29. The molecule has 0 bridgehead atoms. The van der Waals surface area contributed by atoms with Crippen LogP contribution in [-0.2, 0) is 11.3 Å². The molecule has 2 heterocycles. The van der Waals surface area contributed by atoms with E-state index in [1.54, 1.807) is 18.2 Å². The monoisotopic (exact) mass is 325 g/mol. The lowest BCUT2D eigenvalue weighted by atomic mass is 10.1. The molecular weight excluding hydrogens is 314 g/mol. The van der Waals surface area contributed by atoms with E-state index in [0.29, 0.717) is 16.2 Å². The van der Waals surface area contributed by atoms with E-state index in [9.17, 15) is 9.59 Å². The first-order chi connectivity index (χ1) is 11.1. The Morgan fingerprint density at radius 1 is 1.43 bits per heavy atom. The van der Waals surface area contributed by atoms with Gasteiger partial charge >= 0.3 is 5.97 Å². The first-order valence-corrected chi connectivity index (χ1v) is 7.60. The Balaban J connectivity index is 1.79. The maximum Gasteiger partial charge on any atom is 0.338 e. The Hall–Kier alpha value is -2.98. The highest BCUT2D eigenvalue weighted by Gasteiger charge is 2.11. The molecule has 0 spiro atoms. The van der Waals surface area contributed by atoms with Crippen molar-refractivity contribution < 1.29 is 9.53 Å². The zero-order chi connectivity index (χ0) is 16.4. The van der Waals surface area contributed by atoms with Crippen molar-refractivity contribution in [3.05, 3.63) is 68.6 Å². The lowest BCUT2D eigenvalue weighted by Crippen LogP contribution is -2.16. The molecule has 0 radical (unpaired) electrons. The van der Waals surface area contributed by atoms with E-state index < -0.39 is 5.97 Å². The lowest BCUT2D eigenvalue weighted by Gasteiger charge is -2.05. The summed E-state index contributed by atoms with van der Waals surface area (Å²) in [6.45, 7) is 1.73. The van der Waals surface area contributed by atoms with Gasteiger partial charge in [0.25, 0.3) is 5.56 Å². The molecular formula is C16H11N3O3S. The molecule has 6 nitrogen and oxygen atoms in total. The van der Waals surface area contributed by atoms with Crippen molar-refractivity contribution in [1.29, 1.82) is 5.26 Å². The number of fused-ring (bicyclic) bond motifs is 1. The number of aromatic nitrogens is 2. The molecule has 0 unspecified atom stereocenters. The zero-order valence-electron chi connectivity index (χ0n) is 12.1. The molecule has 7 heteroatoms. The summed E-state index contributed by atoms with van der Waals surface area (Å²) in [5.41, 5.74) is 1.67. The predicted molar refractivity (Wildman–Crippen MR) is 84.4 cm³/mol. The van der Waals surface area contributed by atoms with Gasteiger partial charge in [-0.2, -0.15) is 5.26 Å². The molecule has 1 aromatic carbocycles. The minimum absolute atomic E-state index is 0.0989. The van der Waals surface area contributed by atoms with E-state index in [-0.39, 0.29) is 17.7 Å². The van der Waals surface area contributed by atoms with Crippen LogP contribution in [0.4, 0.5) is 0 Å². The number of nitriles is 1. The highest BCUT2D eigenvalue weighted by molar-refractivity contribution is 7.15. The van der Waals surface area contributed by atoms with Gasteiger partial charge in [-0.1, -0.05) is 6.07 Å². The summed E-state index contributed by atoms with van der Waals surface area (Å²) in [5.74, 6) is -0.563. The third-order valence-electron chi connectivity index (χ3n) is 3.21. The molecule has 0 N–H and O–H groups in total. The SMILES string of the molecule is Cc1csc2nc(COC(=O)c3cccc(C#N)c3)cc(=O)n12. The number of ether oxygens (including phenoxy) is 1. The second-order valence-corrected chi connectivity index (χ2v) is 5.69. The number of esters is 1. The molecule has 0 aliphatic carbocycles. The van der Waals surface area contributed by atoms with Gasteiger partial charge in [-0.25, -0.2) is 9.78 Å². The number of aryl methyl sites for hydroxylation is 1. The fraction of sp³-hybridized carbons (Fsp3) is 0.125. The topological polar surface area (TPSA) is 84.5 Å². The van der Waals surface area contributed by atoms with Gasteiger partial charge in [0.15, 0.2) is 4.96 Å². The third-order valence-corrected chi connectivity index (χ3v) is 4.15. The fourth-order valence-electron chi connectivity index (χ4n) is 2.11. The lowest BCUT2D eigenvalue weighted by molar-refractivity contribution is 0.0467. The first kappa shape index (κ1) is 14.9. The van der Waals surface area contributed by atoms with Crippen LogP contribution >= 0.6 is 11.3 Å². The van der Waals surface area contributed by atoms with Crippen LogP contribution in [0.2, 0.25) is 0 Å². The molecule has 3 rings (SSSR count). The molecule has 23 heavy (non-hydrogen) atoms. The third kappa shape index (κ3) is 2.98. The quantitative estimate of drug-likeness (QED) is 0.690. The van der Waals surface area contributed by atoms with Gasteiger partial charge in [-0.3, -0.25) is 9.20 Å². The van der Waals surface area contributed by atoms with Gasteiger partial charge in [0.2, 0.25) is 0 Å². The fourth-order valence-corrected chi connectivity index (χ4v) is 3.00. The number of hydrogen-bond donors (Lipinski definition) is 0. The molecule has 114 valence electrons. The summed E-state index contributed by atoms with van der Waals surface area (Å²) in [5, 5.41) is 10.7. The number of carbonyl (C=O) groups excluding carboxylic acids is 1. The molecule has 2 aromatic heterocycles. The zero-order valence-corrected chi connectivity index (χ0v) is 13.0. The Morgan fingerprint density at radius 2 is 2.26 bits per heavy atom. The number of carbonyl (C=O) groups is 1. The molecule has 0 aliphatic heterocycles. The van der Waals surface area contributed by atoms with Crippen molar-refractivity contribution in [3.8, 4) is 6.07 Å². The largest absolute Gasteiger partial charge is 0.456 e. The van der Waals surface area contributed by atoms with Gasteiger partial charge in [-0.15, -0.1) is 11.3 Å². The summed E-state index contributed by atoms with van der Waals surface area (Å²) in [4.78, 5) is 28.9. The standard InChI is InChI=1S/C16H11N3O3S/c1-10-9-23-16-18-13(6-14(20)19(10)16)8-22-15(21)12-4-2-3-11(5-12)7-17/h2-6,9H,8H2,1H3. The van der Waals surface area contributed by atoms with Crippen LogP contribution in [0.3, 0.4) is 0 Å². The van der Waals surface area contributed by atoms with Crippen molar-refractivity contribution >= 4 is 22.3 Å². The van der Waals surface area contributed by atoms with Crippen LogP contribution in [0.5, 0.6) is 0 Å². The second-order valence-electron chi connectivity index (χ2n) is 4.85. The van der Waals surface area contributed by atoms with Crippen molar-refractivity contribution in [1.82, 2.24) is 9.38 Å². The van der Waals surface area contributed by atoms with Crippen molar-refractivity contribution in [2.45, 2.75) is 13.5 Å². The Kier molecular flexibility index (Phi) is 3.91. The minimum atomic E-state index is -0.563. The number of hydrogen-bond acceptors (Lipinski definition) is 6. The van der Waals surface area contributed by atoms with Crippen LogP contribution in [0.1, 0.15) is 27.3 Å². The van der Waals surface area contributed by atoms with E-state index in [0.717, 1.165) is 5.69 Å². The van der Waals surface area contributed by atoms with Gasteiger partial charge < -0.3 is 4.74 Å². The highest BCUT2D eigenvalue weighted by Crippen LogP contribution is 2.12. The second kappa shape index (κ2) is 6.02. The van der Waals surface area contributed by atoms with E-state index in [1.165, 1.54) is 27.9 Å². The van der Waals surface area contributed by atoms with Crippen LogP contribution in [0, 0.1) is 18.3 Å².